The summed E-state index contributed by atoms with van der Waals surface area (Å²) in [5.41, 5.74) is 1.57. The van der Waals surface area contributed by atoms with E-state index in [1.807, 2.05) is 24.3 Å². The van der Waals surface area contributed by atoms with Crippen LogP contribution in [0.25, 0.3) is 11.4 Å². The number of halogens is 2. The van der Waals surface area contributed by atoms with Crippen LogP contribution in [0.4, 0.5) is 4.39 Å². The van der Waals surface area contributed by atoms with Crippen LogP contribution in [0.3, 0.4) is 0 Å². The Hall–Kier alpha value is -2.54. The molecule has 5 nitrogen and oxygen atoms in total. The summed E-state index contributed by atoms with van der Waals surface area (Å²) in [7, 11) is 0. The predicted molar refractivity (Wildman–Crippen MR) is 96.4 cm³/mol. The van der Waals surface area contributed by atoms with E-state index in [9.17, 15) is 9.18 Å². The van der Waals surface area contributed by atoms with Crippen molar-refractivity contribution < 1.29 is 13.7 Å². The largest absolute Gasteiger partial charge is 0.337 e. The first-order chi connectivity index (χ1) is 12.6. The summed E-state index contributed by atoms with van der Waals surface area (Å²) >= 11 is 3.41. The summed E-state index contributed by atoms with van der Waals surface area (Å²) < 4.78 is 19.8. The Morgan fingerprint density at radius 3 is 2.81 bits per heavy atom. The van der Waals surface area contributed by atoms with Crippen LogP contribution in [-0.2, 0) is 11.3 Å². The van der Waals surface area contributed by atoms with Crippen molar-refractivity contribution in [2.45, 2.75) is 25.4 Å². The molecule has 0 spiro atoms. The highest BCUT2D eigenvalue weighted by Crippen LogP contribution is 2.34. The van der Waals surface area contributed by atoms with Gasteiger partial charge in [-0.05, 0) is 36.2 Å². The highest BCUT2D eigenvalue weighted by atomic mass is 79.9. The molecular formula is C19H15BrFN3O2. The molecule has 132 valence electrons. The first-order valence-corrected chi connectivity index (χ1v) is 9.03. The number of aromatic nitrogens is 2. The minimum absolute atomic E-state index is 0.0587. The Kier molecular flexibility index (Phi) is 4.55. The lowest BCUT2D eigenvalue weighted by molar-refractivity contribution is -0.129. The second kappa shape index (κ2) is 6.99. The van der Waals surface area contributed by atoms with Crippen LogP contribution in [0.5, 0.6) is 0 Å². The summed E-state index contributed by atoms with van der Waals surface area (Å²) in [5.74, 6) is 0.403. The number of nitrogens with zero attached hydrogens (tertiary/aromatic N) is 3. The molecule has 1 aliphatic rings. The lowest BCUT2D eigenvalue weighted by atomic mass is 10.1. The third-order valence-electron chi connectivity index (χ3n) is 4.40. The second-order valence-corrected chi connectivity index (χ2v) is 7.08. The third kappa shape index (κ3) is 3.39. The van der Waals surface area contributed by atoms with Crippen LogP contribution in [0, 0.1) is 5.82 Å². The van der Waals surface area contributed by atoms with E-state index in [1.165, 1.54) is 12.1 Å². The van der Waals surface area contributed by atoms with E-state index >= 15 is 0 Å². The topological polar surface area (TPSA) is 59.2 Å². The fraction of sp³-hybridized carbons (Fsp3) is 0.211. The van der Waals surface area contributed by atoms with Crippen molar-refractivity contribution >= 4 is 21.8 Å². The molecular weight excluding hydrogens is 401 g/mol. The quantitative estimate of drug-likeness (QED) is 0.629. The van der Waals surface area contributed by atoms with Crippen LogP contribution in [0.2, 0.25) is 0 Å². The molecule has 1 unspecified atom stereocenters. The van der Waals surface area contributed by atoms with Gasteiger partial charge in [0.2, 0.25) is 17.6 Å². The van der Waals surface area contributed by atoms with Gasteiger partial charge in [-0.2, -0.15) is 4.98 Å². The number of rotatable bonds is 4. The van der Waals surface area contributed by atoms with E-state index in [-0.39, 0.29) is 17.8 Å². The smallest absolute Gasteiger partial charge is 0.249 e. The number of benzene rings is 2. The summed E-state index contributed by atoms with van der Waals surface area (Å²) in [6.07, 6.45) is 1.07. The molecule has 4 rings (SSSR count). The normalized spacial score (nSPS) is 17.1. The van der Waals surface area contributed by atoms with Crippen molar-refractivity contribution in [1.82, 2.24) is 15.0 Å². The van der Waals surface area contributed by atoms with Crippen LogP contribution in [0.1, 0.15) is 30.3 Å². The molecule has 0 saturated carbocycles. The lowest BCUT2D eigenvalue weighted by Crippen LogP contribution is -2.27. The summed E-state index contributed by atoms with van der Waals surface area (Å²) in [6, 6.07) is 13.6. The van der Waals surface area contributed by atoms with Crippen LogP contribution < -0.4 is 0 Å². The monoisotopic (exact) mass is 415 g/mol. The average molecular weight is 416 g/mol. The fourth-order valence-electron chi connectivity index (χ4n) is 3.09. The zero-order valence-electron chi connectivity index (χ0n) is 13.7. The van der Waals surface area contributed by atoms with Gasteiger partial charge in [0.05, 0.1) is 0 Å². The number of likely N-dealkylation sites (tertiary alicyclic amines) is 1. The Balaban J connectivity index is 1.58. The van der Waals surface area contributed by atoms with Crippen molar-refractivity contribution in [3.05, 3.63) is 70.3 Å². The van der Waals surface area contributed by atoms with Crippen LogP contribution >= 0.6 is 15.9 Å². The molecule has 0 bridgehead atoms. The van der Waals surface area contributed by atoms with Gasteiger partial charge >= 0.3 is 0 Å². The minimum Gasteiger partial charge on any atom is -0.337 e. The van der Waals surface area contributed by atoms with E-state index in [1.54, 1.807) is 17.0 Å². The molecule has 1 amide bonds. The van der Waals surface area contributed by atoms with E-state index in [0.717, 1.165) is 10.0 Å². The summed E-state index contributed by atoms with van der Waals surface area (Å²) in [6.45, 7) is 0.481. The number of amides is 1. The van der Waals surface area contributed by atoms with E-state index < -0.39 is 0 Å². The van der Waals surface area contributed by atoms with Crippen molar-refractivity contribution in [2.75, 3.05) is 0 Å². The Labute approximate surface area is 158 Å². The molecule has 1 fully saturated rings. The average Bonchev–Trinajstić information content (AvgIpc) is 3.25. The van der Waals surface area contributed by atoms with Gasteiger partial charge in [-0.1, -0.05) is 45.4 Å². The highest BCUT2D eigenvalue weighted by molar-refractivity contribution is 9.10. The number of hydrogen-bond acceptors (Lipinski definition) is 4. The second-order valence-electron chi connectivity index (χ2n) is 6.17. The van der Waals surface area contributed by atoms with Crippen molar-refractivity contribution in [1.29, 1.82) is 0 Å². The van der Waals surface area contributed by atoms with Gasteiger partial charge in [-0.15, -0.1) is 0 Å². The number of carbonyl (C=O) groups excluding carboxylic acids is 1. The third-order valence-corrected chi connectivity index (χ3v) is 4.93. The zero-order valence-corrected chi connectivity index (χ0v) is 15.3. The summed E-state index contributed by atoms with van der Waals surface area (Å²) in [4.78, 5) is 18.5. The molecule has 26 heavy (non-hydrogen) atoms. The Bertz CT molecular complexity index is 942. The zero-order chi connectivity index (χ0) is 18.1. The van der Waals surface area contributed by atoms with E-state index in [2.05, 4.69) is 26.1 Å². The molecule has 0 aliphatic carbocycles. The maximum Gasteiger partial charge on any atom is 0.249 e. The molecule has 3 aromatic rings. The number of carbonyl (C=O) groups is 1. The van der Waals surface area contributed by atoms with E-state index in [4.69, 9.17) is 4.52 Å². The van der Waals surface area contributed by atoms with Gasteiger partial charge in [0.25, 0.3) is 0 Å². The van der Waals surface area contributed by atoms with Crippen molar-refractivity contribution in [3.63, 3.8) is 0 Å². The van der Waals surface area contributed by atoms with Gasteiger partial charge in [-0.25, -0.2) is 4.39 Å². The van der Waals surface area contributed by atoms with Crippen LogP contribution in [0.15, 0.2) is 57.5 Å². The van der Waals surface area contributed by atoms with Gasteiger partial charge < -0.3 is 9.42 Å². The van der Waals surface area contributed by atoms with Crippen molar-refractivity contribution in [3.8, 4) is 11.4 Å². The van der Waals surface area contributed by atoms with Gasteiger partial charge in [0.15, 0.2) is 0 Å². The SMILES string of the molecule is O=C1CCC(c2nc(-c3cccc(F)c3)no2)N1Cc1ccc(Br)cc1. The maximum atomic E-state index is 13.4. The van der Waals surface area contributed by atoms with Gasteiger partial charge in [0, 0.05) is 23.0 Å². The Morgan fingerprint density at radius 1 is 1.23 bits per heavy atom. The lowest BCUT2D eigenvalue weighted by Gasteiger charge is -2.22. The molecule has 1 aliphatic heterocycles. The fourth-order valence-corrected chi connectivity index (χ4v) is 3.35. The van der Waals surface area contributed by atoms with Crippen molar-refractivity contribution in [2.24, 2.45) is 0 Å². The molecule has 0 N–H and O–H groups in total. The number of hydrogen-bond donors (Lipinski definition) is 0. The standard InChI is InChI=1S/C19H15BrFN3O2/c20-14-6-4-12(5-7-14)11-24-16(8-9-17(24)25)19-22-18(23-26-19)13-2-1-3-15(21)10-13/h1-7,10,16H,8-9,11H2. The maximum absolute atomic E-state index is 13.4. The Morgan fingerprint density at radius 2 is 2.04 bits per heavy atom. The van der Waals surface area contributed by atoms with E-state index in [0.29, 0.717) is 36.7 Å². The minimum atomic E-state index is -0.359. The molecule has 7 heteroatoms. The van der Waals surface area contributed by atoms with Gasteiger partial charge in [-0.3, -0.25) is 4.79 Å². The predicted octanol–water partition coefficient (Wildman–Crippen LogP) is 4.50. The first-order valence-electron chi connectivity index (χ1n) is 8.23. The molecule has 2 heterocycles. The molecule has 1 saturated heterocycles. The molecule has 1 aromatic heterocycles. The van der Waals surface area contributed by atoms with Gasteiger partial charge in [0.1, 0.15) is 11.9 Å². The van der Waals surface area contributed by atoms with Crippen LogP contribution in [-0.4, -0.2) is 20.9 Å². The molecule has 0 radical (unpaired) electrons. The molecule has 1 atom stereocenters. The highest BCUT2D eigenvalue weighted by Gasteiger charge is 2.36. The molecule has 2 aromatic carbocycles. The first kappa shape index (κ1) is 16.9. The summed E-state index contributed by atoms with van der Waals surface area (Å²) in [5, 5.41) is 3.95.